The molecule has 1 aromatic heterocycles. The van der Waals surface area contributed by atoms with Crippen LogP contribution in [0.15, 0.2) is 55.1 Å². The molecule has 1 heterocycles. The van der Waals surface area contributed by atoms with Gasteiger partial charge in [-0.25, -0.2) is 4.98 Å². The molecular formula is C24H28ClN3O4. The van der Waals surface area contributed by atoms with E-state index in [1.54, 1.807) is 30.7 Å². The van der Waals surface area contributed by atoms with E-state index in [4.69, 9.17) is 25.8 Å². The fraction of sp³-hybridized carbons (Fsp3) is 0.333. The summed E-state index contributed by atoms with van der Waals surface area (Å²) in [6.07, 6.45) is 6.20. The lowest BCUT2D eigenvalue weighted by atomic mass is 10.1. The van der Waals surface area contributed by atoms with Gasteiger partial charge in [0.25, 0.3) is 5.91 Å². The van der Waals surface area contributed by atoms with Gasteiger partial charge in [0.1, 0.15) is 12.4 Å². The van der Waals surface area contributed by atoms with Crippen molar-refractivity contribution in [1.29, 1.82) is 0 Å². The van der Waals surface area contributed by atoms with Gasteiger partial charge >= 0.3 is 0 Å². The van der Waals surface area contributed by atoms with E-state index in [1.165, 1.54) is 7.11 Å². The summed E-state index contributed by atoms with van der Waals surface area (Å²) in [4.78, 5) is 16.9. The monoisotopic (exact) mass is 457 g/mol. The largest absolute Gasteiger partial charge is 0.493 e. The lowest BCUT2D eigenvalue weighted by Crippen LogP contribution is -2.14. The second-order valence-corrected chi connectivity index (χ2v) is 8.03. The lowest BCUT2D eigenvalue weighted by Gasteiger charge is -2.16. The van der Waals surface area contributed by atoms with Crippen LogP contribution >= 0.6 is 11.6 Å². The average Bonchev–Trinajstić information content (AvgIpc) is 3.29. The van der Waals surface area contributed by atoms with Crippen molar-refractivity contribution < 1.29 is 19.0 Å². The van der Waals surface area contributed by atoms with Gasteiger partial charge in [-0.2, -0.15) is 0 Å². The molecule has 0 spiro atoms. The van der Waals surface area contributed by atoms with Crippen LogP contribution in [0.5, 0.6) is 17.2 Å². The number of rotatable bonds is 11. The zero-order valence-corrected chi connectivity index (χ0v) is 19.3. The Labute approximate surface area is 193 Å². The molecule has 0 radical (unpaired) electrons. The van der Waals surface area contributed by atoms with E-state index in [-0.39, 0.29) is 5.91 Å². The van der Waals surface area contributed by atoms with Crippen LogP contribution in [-0.4, -0.2) is 35.8 Å². The molecule has 0 aliphatic carbocycles. The van der Waals surface area contributed by atoms with Gasteiger partial charge in [0, 0.05) is 18.0 Å². The number of carbonyl (C=O) groups is 1. The molecule has 0 unspecified atom stereocenters. The summed E-state index contributed by atoms with van der Waals surface area (Å²) >= 11 is 6.41. The third-order valence-electron chi connectivity index (χ3n) is 4.73. The molecule has 7 nitrogen and oxygen atoms in total. The number of benzene rings is 2. The smallest absolute Gasteiger partial charge is 0.255 e. The Balaban J connectivity index is 1.69. The molecule has 170 valence electrons. The maximum atomic E-state index is 12.9. The van der Waals surface area contributed by atoms with E-state index in [1.807, 2.05) is 29.0 Å². The van der Waals surface area contributed by atoms with Crippen molar-refractivity contribution in [3.63, 3.8) is 0 Å². The first-order chi connectivity index (χ1) is 15.5. The number of amides is 1. The molecule has 32 heavy (non-hydrogen) atoms. The number of aromatic nitrogens is 2. The van der Waals surface area contributed by atoms with Crippen LogP contribution in [0.2, 0.25) is 5.02 Å². The molecule has 0 fully saturated rings. The number of anilines is 1. The maximum Gasteiger partial charge on any atom is 0.255 e. The molecule has 2 aromatic carbocycles. The molecule has 0 saturated carbocycles. The van der Waals surface area contributed by atoms with Crippen molar-refractivity contribution in [2.24, 2.45) is 5.92 Å². The molecule has 1 amide bonds. The first-order valence-electron chi connectivity index (χ1n) is 10.5. The third kappa shape index (κ3) is 6.40. The summed E-state index contributed by atoms with van der Waals surface area (Å²) in [5, 5.41) is 3.21. The molecule has 0 saturated heterocycles. The Kier molecular flexibility index (Phi) is 8.39. The van der Waals surface area contributed by atoms with Crippen LogP contribution < -0.4 is 19.5 Å². The van der Waals surface area contributed by atoms with E-state index in [0.717, 1.165) is 6.42 Å². The highest BCUT2D eigenvalue weighted by atomic mass is 35.5. The molecule has 3 aromatic rings. The highest BCUT2D eigenvalue weighted by molar-refractivity contribution is 6.32. The number of para-hydroxylation sites is 2. The van der Waals surface area contributed by atoms with Gasteiger partial charge in [-0.1, -0.05) is 37.6 Å². The van der Waals surface area contributed by atoms with Crippen molar-refractivity contribution in [3.05, 3.63) is 65.7 Å². The molecular weight excluding hydrogens is 430 g/mol. The number of methoxy groups -OCH3 is 1. The Bertz CT molecular complexity index is 1020. The summed E-state index contributed by atoms with van der Waals surface area (Å²) in [5.74, 6) is 1.61. The second-order valence-electron chi connectivity index (χ2n) is 7.62. The standard InChI is InChI=1S/C24H28ClN3O4/c1-17(2)8-12-32-23-19(25)14-18(15-22(23)30-3)24(29)27-20-6-4-5-7-21(20)31-13-11-28-10-9-26-16-28/h4-7,9-10,14-17H,8,11-13H2,1-3H3,(H,27,29). The molecule has 1 N–H and O–H groups in total. The number of nitrogens with zero attached hydrogens (tertiary/aromatic N) is 2. The zero-order chi connectivity index (χ0) is 22.9. The number of hydrogen-bond donors (Lipinski definition) is 1. The van der Waals surface area contributed by atoms with Crippen molar-refractivity contribution in [2.75, 3.05) is 25.6 Å². The second kappa shape index (κ2) is 11.4. The molecule has 0 bridgehead atoms. The average molecular weight is 458 g/mol. The minimum atomic E-state index is -0.329. The first kappa shape index (κ1) is 23.5. The summed E-state index contributed by atoms with van der Waals surface area (Å²) in [7, 11) is 1.52. The summed E-state index contributed by atoms with van der Waals surface area (Å²) in [5.41, 5.74) is 0.923. The maximum absolute atomic E-state index is 12.9. The zero-order valence-electron chi connectivity index (χ0n) is 18.5. The van der Waals surface area contributed by atoms with Crippen LogP contribution in [0.4, 0.5) is 5.69 Å². The van der Waals surface area contributed by atoms with Gasteiger partial charge in [0.15, 0.2) is 11.5 Å². The Morgan fingerprint density at radius 2 is 1.97 bits per heavy atom. The Hall–Kier alpha value is -3.19. The Morgan fingerprint density at radius 1 is 1.16 bits per heavy atom. The predicted octanol–water partition coefficient (Wildman–Crippen LogP) is 5.30. The molecule has 0 atom stereocenters. The quantitative estimate of drug-likeness (QED) is 0.422. The molecule has 3 rings (SSSR count). The van der Waals surface area contributed by atoms with Crippen LogP contribution in [0.3, 0.4) is 0 Å². The number of nitrogens with one attached hydrogen (secondary N) is 1. The topological polar surface area (TPSA) is 74.6 Å². The van der Waals surface area contributed by atoms with Gasteiger partial charge in [0.05, 0.1) is 37.3 Å². The highest BCUT2D eigenvalue weighted by Crippen LogP contribution is 2.37. The van der Waals surface area contributed by atoms with Crippen LogP contribution in [0, 0.1) is 5.92 Å². The number of carbonyl (C=O) groups excluding carboxylic acids is 1. The summed E-state index contributed by atoms with van der Waals surface area (Å²) < 4.78 is 19.0. The fourth-order valence-electron chi connectivity index (χ4n) is 2.96. The predicted molar refractivity (Wildman–Crippen MR) is 125 cm³/mol. The highest BCUT2D eigenvalue weighted by Gasteiger charge is 2.17. The van der Waals surface area contributed by atoms with Crippen molar-refractivity contribution >= 4 is 23.2 Å². The van der Waals surface area contributed by atoms with E-state index in [9.17, 15) is 4.79 Å². The number of hydrogen-bond acceptors (Lipinski definition) is 5. The summed E-state index contributed by atoms with van der Waals surface area (Å²) in [6.45, 7) is 5.84. The Morgan fingerprint density at radius 3 is 2.69 bits per heavy atom. The van der Waals surface area contributed by atoms with E-state index >= 15 is 0 Å². The number of imidazole rings is 1. The first-order valence-corrected chi connectivity index (χ1v) is 10.8. The minimum Gasteiger partial charge on any atom is -0.493 e. The summed E-state index contributed by atoms with van der Waals surface area (Å²) in [6, 6.07) is 10.5. The minimum absolute atomic E-state index is 0.322. The van der Waals surface area contributed by atoms with E-state index in [2.05, 4.69) is 24.1 Å². The lowest BCUT2D eigenvalue weighted by molar-refractivity contribution is 0.102. The van der Waals surface area contributed by atoms with Gasteiger partial charge < -0.3 is 24.1 Å². The van der Waals surface area contributed by atoms with Gasteiger partial charge in [-0.05, 0) is 36.6 Å². The molecule has 8 heteroatoms. The van der Waals surface area contributed by atoms with Crippen LogP contribution in [-0.2, 0) is 6.54 Å². The van der Waals surface area contributed by atoms with Gasteiger partial charge in [-0.15, -0.1) is 0 Å². The molecule has 0 aliphatic rings. The van der Waals surface area contributed by atoms with Crippen molar-refractivity contribution in [2.45, 2.75) is 26.8 Å². The number of ether oxygens (including phenoxy) is 3. The van der Waals surface area contributed by atoms with Crippen molar-refractivity contribution in [3.8, 4) is 17.2 Å². The van der Waals surface area contributed by atoms with Crippen LogP contribution in [0.1, 0.15) is 30.6 Å². The van der Waals surface area contributed by atoms with Crippen molar-refractivity contribution in [1.82, 2.24) is 9.55 Å². The van der Waals surface area contributed by atoms with Crippen LogP contribution in [0.25, 0.3) is 0 Å². The number of halogens is 1. The van der Waals surface area contributed by atoms with E-state index < -0.39 is 0 Å². The SMILES string of the molecule is COc1cc(C(=O)Nc2ccccc2OCCn2ccnc2)cc(Cl)c1OCCC(C)C. The molecule has 0 aliphatic heterocycles. The third-order valence-corrected chi connectivity index (χ3v) is 5.02. The van der Waals surface area contributed by atoms with E-state index in [0.29, 0.717) is 59.2 Å². The normalized spacial score (nSPS) is 10.8. The fourth-order valence-corrected chi connectivity index (χ4v) is 3.22. The van der Waals surface area contributed by atoms with Gasteiger partial charge in [0.2, 0.25) is 0 Å². The van der Waals surface area contributed by atoms with Gasteiger partial charge in [-0.3, -0.25) is 4.79 Å².